The number of rotatable bonds is 5. The number of aromatic nitrogens is 2. The molecule has 2 atom stereocenters. The minimum atomic E-state index is -4.46. The topological polar surface area (TPSA) is 73.2 Å². The lowest BCUT2D eigenvalue weighted by molar-refractivity contribution is -0.141. The Bertz CT molecular complexity index is 697. The molecule has 0 bridgehead atoms. The molecule has 1 aromatic rings. The molecule has 0 saturated carbocycles. The Labute approximate surface area is 144 Å². The first-order valence-corrected chi connectivity index (χ1v) is 10.1. The number of fused-ring (bicyclic) bond motifs is 1. The highest BCUT2D eigenvalue weighted by Crippen LogP contribution is 2.30. The summed E-state index contributed by atoms with van der Waals surface area (Å²) in [6.45, 7) is 1.14. The van der Waals surface area contributed by atoms with Crippen molar-refractivity contribution in [3.05, 3.63) is 17.7 Å². The molecule has 3 heterocycles. The molecule has 2 unspecified atom stereocenters. The van der Waals surface area contributed by atoms with Crippen LogP contribution in [-0.4, -0.2) is 43.0 Å². The van der Waals surface area contributed by atoms with E-state index in [0.29, 0.717) is 31.8 Å². The number of ether oxygens (including phenoxy) is 1. The minimum Gasteiger partial charge on any atom is -0.377 e. The molecule has 1 aromatic heterocycles. The maximum absolute atomic E-state index is 12.7. The van der Waals surface area contributed by atoms with E-state index in [4.69, 9.17) is 4.74 Å². The molecule has 0 radical (unpaired) electrons. The number of nitrogens with zero attached hydrogens (tertiary/aromatic N) is 2. The van der Waals surface area contributed by atoms with Crippen molar-refractivity contribution in [2.24, 2.45) is 5.92 Å². The Hall–Kier alpha value is -1.13. The number of hydrogen-bond acceptors (Lipinski definition) is 4. The maximum Gasteiger partial charge on any atom is 0.434 e. The summed E-state index contributed by atoms with van der Waals surface area (Å²) in [6.07, 6.45) is -0.0408. The van der Waals surface area contributed by atoms with Crippen LogP contribution in [0.2, 0.25) is 0 Å². The van der Waals surface area contributed by atoms with Crippen LogP contribution in [0.3, 0.4) is 0 Å². The quantitative estimate of drug-likeness (QED) is 0.846. The van der Waals surface area contributed by atoms with E-state index in [0.717, 1.165) is 25.5 Å². The van der Waals surface area contributed by atoms with E-state index < -0.39 is 21.9 Å². The van der Waals surface area contributed by atoms with Gasteiger partial charge in [-0.2, -0.15) is 13.2 Å². The molecule has 2 aliphatic heterocycles. The third kappa shape index (κ3) is 4.95. The van der Waals surface area contributed by atoms with Gasteiger partial charge in [-0.25, -0.2) is 18.1 Å². The molecule has 1 saturated heterocycles. The Morgan fingerprint density at radius 3 is 2.80 bits per heavy atom. The van der Waals surface area contributed by atoms with Gasteiger partial charge in [0.2, 0.25) is 10.0 Å². The molecule has 0 amide bonds. The number of imidazole rings is 1. The molecule has 1 fully saturated rings. The first-order valence-electron chi connectivity index (χ1n) is 8.45. The number of aryl methyl sites for hydroxylation is 1. The smallest absolute Gasteiger partial charge is 0.377 e. The first kappa shape index (κ1) is 18.7. The van der Waals surface area contributed by atoms with Crippen molar-refractivity contribution in [1.82, 2.24) is 14.3 Å². The van der Waals surface area contributed by atoms with Crippen molar-refractivity contribution >= 4 is 10.0 Å². The van der Waals surface area contributed by atoms with Gasteiger partial charge in [0.05, 0.1) is 11.9 Å². The number of sulfonamides is 1. The van der Waals surface area contributed by atoms with Gasteiger partial charge in [0.1, 0.15) is 5.82 Å². The van der Waals surface area contributed by atoms with Crippen molar-refractivity contribution in [3.63, 3.8) is 0 Å². The molecule has 1 N–H and O–H groups in total. The summed E-state index contributed by atoms with van der Waals surface area (Å²) in [5.74, 6) is 0.292. The summed E-state index contributed by atoms with van der Waals surface area (Å²) >= 11 is 0. The Morgan fingerprint density at radius 1 is 1.32 bits per heavy atom. The van der Waals surface area contributed by atoms with Crippen molar-refractivity contribution in [2.45, 2.75) is 50.9 Å². The standard InChI is InChI=1S/C15H22F3N3O3S/c16-15(17,18)13-9-21-8-11(4-5-14(21)20-13)7-19-25(22,23)10-12-3-1-2-6-24-12/h9,11-12,19H,1-8,10H2. The van der Waals surface area contributed by atoms with Crippen molar-refractivity contribution in [2.75, 3.05) is 18.9 Å². The fourth-order valence-electron chi connectivity index (χ4n) is 3.31. The zero-order valence-electron chi connectivity index (χ0n) is 13.8. The second-order valence-corrected chi connectivity index (χ2v) is 8.57. The average Bonchev–Trinajstić information content (AvgIpc) is 2.97. The normalized spacial score (nSPS) is 24.9. The SMILES string of the molecule is O=S(=O)(CC1CCCCO1)NCC1CCc2nc(C(F)(F)F)cn2C1. The highest BCUT2D eigenvalue weighted by Gasteiger charge is 2.36. The van der Waals surface area contributed by atoms with Crippen LogP contribution in [0.5, 0.6) is 0 Å². The van der Waals surface area contributed by atoms with Crippen LogP contribution < -0.4 is 4.72 Å². The lowest BCUT2D eigenvalue weighted by Crippen LogP contribution is -2.38. The van der Waals surface area contributed by atoms with Crippen LogP contribution in [0, 0.1) is 5.92 Å². The molecule has 0 aliphatic carbocycles. The molecule has 0 spiro atoms. The van der Waals surface area contributed by atoms with Crippen molar-refractivity contribution < 1.29 is 26.3 Å². The Kier molecular flexibility index (Phi) is 5.40. The number of nitrogens with one attached hydrogen (secondary N) is 1. The Balaban J connectivity index is 1.53. The lowest BCUT2D eigenvalue weighted by Gasteiger charge is -2.25. The highest BCUT2D eigenvalue weighted by atomic mass is 32.2. The van der Waals surface area contributed by atoms with Crippen LogP contribution >= 0.6 is 0 Å². The third-order valence-corrected chi connectivity index (χ3v) is 6.07. The fourth-order valence-corrected chi connectivity index (χ4v) is 4.66. The molecule has 25 heavy (non-hydrogen) atoms. The van der Waals surface area contributed by atoms with Gasteiger partial charge in [-0.05, 0) is 31.6 Å². The van der Waals surface area contributed by atoms with E-state index in [1.54, 1.807) is 0 Å². The molecule has 10 heteroatoms. The van der Waals surface area contributed by atoms with E-state index in [2.05, 4.69) is 9.71 Å². The molecule has 0 aromatic carbocycles. The molecular weight excluding hydrogens is 359 g/mol. The van der Waals surface area contributed by atoms with E-state index >= 15 is 0 Å². The fraction of sp³-hybridized carbons (Fsp3) is 0.800. The minimum absolute atomic E-state index is 0.0511. The van der Waals surface area contributed by atoms with E-state index in [1.165, 1.54) is 4.57 Å². The predicted molar refractivity (Wildman–Crippen MR) is 84.4 cm³/mol. The molecular formula is C15H22F3N3O3S. The van der Waals surface area contributed by atoms with Gasteiger partial charge in [-0.3, -0.25) is 0 Å². The van der Waals surface area contributed by atoms with Gasteiger partial charge in [-0.1, -0.05) is 0 Å². The molecule has 142 valence electrons. The summed E-state index contributed by atoms with van der Waals surface area (Å²) in [5, 5.41) is 0. The molecule has 2 aliphatic rings. The predicted octanol–water partition coefficient (Wildman–Crippen LogP) is 1.95. The van der Waals surface area contributed by atoms with Gasteiger partial charge < -0.3 is 9.30 Å². The second-order valence-electron chi connectivity index (χ2n) is 6.72. The van der Waals surface area contributed by atoms with Crippen LogP contribution in [0.25, 0.3) is 0 Å². The average molecular weight is 381 g/mol. The zero-order valence-corrected chi connectivity index (χ0v) is 14.6. The van der Waals surface area contributed by atoms with Gasteiger partial charge in [0, 0.05) is 32.3 Å². The van der Waals surface area contributed by atoms with Crippen LogP contribution in [0.15, 0.2) is 6.20 Å². The first-order chi connectivity index (χ1) is 11.7. The van der Waals surface area contributed by atoms with Gasteiger partial charge in [0.25, 0.3) is 0 Å². The summed E-state index contributed by atoms with van der Waals surface area (Å²) in [7, 11) is -3.46. The van der Waals surface area contributed by atoms with Gasteiger partial charge in [-0.15, -0.1) is 0 Å². The Morgan fingerprint density at radius 2 is 2.12 bits per heavy atom. The number of alkyl halides is 3. The number of halogens is 3. The maximum atomic E-state index is 12.7. The highest BCUT2D eigenvalue weighted by molar-refractivity contribution is 7.89. The monoisotopic (exact) mass is 381 g/mol. The third-order valence-electron chi connectivity index (χ3n) is 4.65. The van der Waals surface area contributed by atoms with Crippen LogP contribution in [-0.2, 0) is 33.9 Å². The summed E-state index contributed by atoms with van der Waals surface area (Å²) in [6, 6.07) is 0. The van der Waals surface area contributed by atoms with E-state index in [9.17, 15) is 21.6 Å². The van der Waals surface area contributed by atoms with E-state index in [1.807, 2.05) is 0 Å². The summed E-state index contributed by atoms with van der Waals surface area (Å²) < 4.78 is 72.0. The van der Waals surface area contributed by atoms with E-state index in [-0.39, 0.29) is 24.3 Å². The van der Waals surface area contributed by atoms with Crippen molar-refractivity contribution in [1.29, 1.82) is 0 Å². The second kappa shape index (κ2) is 7.24. The van der Waals surface area contributed by atoms with Crippen LogP contribution in [0.4, 0.5) is 13.2 Å². The summed E-state index contributed by atoms with van der Waals surface area (Å²) in [5.41, 5.74) is -0.891. The molecule has 6 nitrogen and oxygen atoms in total. The zero-order chi connectivity index (χ0) is 18.1. The lowest BCUT2D eigenvalue weighted by atomic mass is 10.00. The summed E-state index contributed by atoms with van der Waals surface area (Å²) in [4.78, 5) is 3.63. The van der Waals surface area contributed by atoms with Gasteiger partial charge >= 0.3 is 6.18 Å². The van der Waals surface area contributed by atoms with Crippen molar-refractivity contribution in [3.8, 4) is 0 Å². The molecule has 3 rings (SSSR count). The van der Waals surface area contributed by atoms with Crippen LogP contribution in [0.1, 0.15) is 37.2 Å². The largest absolute Gasteiger partial charge is 0.434 e. The van der Waals surface area contributed by atoms with Gasteiger partial charge in [0.15, 0.2) is 5.69 Å². The number of hydrogen-bond donors (Lipinski definition) is 1.